The van der Waals surface area contributed by atoms with Gasteiger partial charge in [0.2, 0.25) is 5.91 Å². The number of anilines is 1. The number of likely N-dealkylation sites (N-methyl/N-ethyl adjacent to an activating group) is 1. The summed E-state index contributed by atoms with van der Waals surface area (Å²) in [5, 5.41) is 8.63. The molecule has 0 aliphatic rings. The molecule has 2 N–H and O–H groups in total. The smallest absolute Gasteiger partial charge is 0.236 e. The van der Waals surface area contributed by atoms with Crippen molar-refractivity contribution >= 4 is 11.6 Å². The summed E-state index contributed by atoms with van der Waals surface area (Å²) in [6, 6.07) is 9.11. The Labute approximate surface area is 88.9 Å². The second-order valence-corrected chi connectivity index (χ2v) is 3.14. The minimum absolute atomic E-state index is 0.197. The van der Waals surface area contributed by atoms with Gasteiger partial charge in [-0.1, -0.05) is 0 Å². The second-order valence-electron chi connectivity index (χ2n) is 3.14. The standard InChI is InChI=1S/C11H13N3O/c1-2-14(8-11(13)15)10-5-3-9(7-12)4-6-10/h3-6H,2,8H2,1H3,(H2,13,15). The highest BCUT2D eigenvalue weighted by Crippen LogP contribution is 2.14. The van der Waals surface area contributed by atoms with Crippen LogP contribution < -0.4 is 10.6 Å². The zero-order valence-electron chi connectivity index (χ0n) is 8.60. The Kier molecular flexibility index (Phi) is 3.69. The Balaban J connectivity index is 2.84. The normalized spacial score (nSPS) is 9.33. The lowest BCUT2D eigenvalue weighted by molar-refractivity contribution is -0.116. The average Bonchev–Trinajstić information content (AvgIpc) is 2.26. The van der Waals surface area contributed by atoms with Crippen LogP contribution in [-0.4, -0.2) is 19.0 Å². The van der Waals surface area contributed by atoms with E-state index in [1.807, 2.05) is 30.0 Å². The molecule has 0 fully saturated rings. The Hall–Kier alpha value is -2.02. The van der Waals surface area contributed by atoms with Crippen molar-refractivity contribution in [1.29, 1.82) is 5.26 Å². The van der Waals surface area contributed by atoms with Crippen molar-refractivity contribution in [1.82, 2.24) is 0 Å². The summed E-state index contributed by atoms with van der Waals surface area (Å²) in [6.45, 7) is 2.85. The summed E-state index contributed by atoms with van der Waals surface area (Å²) in [5.74, 6) is -0.360. The number of carbonyl (C=O) groups is 1. The van der Waals surface area contributed by atoms with E-state index in [1.54, 1.807) is 12.1 Å². The van der Waals surface area contributed by atoms with Crippen molar-refractivity contribution in [3.05, 3.63) is 29.8 Å². The van der Waals surface area contributed by atoms with E-state index in [2.05, 4.69) is 0 Å². The topological polar surface area (TPSA) is 70.1 Å². The summed E-state index contributed by atoms with van der Waals surface area (Å²) >= 11 is 0. The van der Waals surface area contributed by atoms with Gasteiger partial charge in [0.15, 0.2) is 0 Å². The van der Waals surface area contributed by atoms with Gasteiger partial charge in [0.25, 0.3) is 0 Å². The molecule has 1 amide bonds. The van der Waals surface area contributed by atoms with Gasteiger partial charge in [-0.25, -0.2) is 0 Å². The lowest BCUT2D eigenvalue weighted by Crippen LogP contribution is -2.33. The largest absolute Gasteiger partial charge is 0.368 e. The summed E-state index contributed by atoms with van der Waals surface area (Å²) in [7, 11) is 0. The Morgan fingerprint density at radius 3 is 2.47 bits per heavy atom. The van der Waals surface area contributed by atoms with Crippen LogP contribution in [0.4, 0.5) is 5.69 Å². The highest BCUT2D eigenvalue weighted by Gasteiger charge is 2.06. The predicted molar refractivity (Wildman–Crippen MR) is 58.2 cm³/mol. The quantitative estimate of drug-likeness (QED) is 0.789. The SMILES string of the molecule is CCN(CC(N)=O)c1ccc(C#N)cc1. The van der Waals surface area contributed by atoms with Gasteiger partial charge in [0.05, 0.1) is 18.2 Å². The van der Waals surface area contributed by atoms with Crippen LogP contribution in [0.3, 0.4) is 0 Å². The third kappa shape index (κ3) is 2.99. The third-order valence-electron chi connectivity index (χ3n) is 2.09. The van der Waals surface area contributed by atoms with Crippen LogP contribution >= 0.6 is 0 Å². The highest BCUT2D eigenvalue weighted by molar-refractivity contribution is 5.79. The first kappa shape index (κ1) is 11.1. The van der Waals surface area contributed by atoms with Crippen LogP contribution in [0.25, 0.3) is 0 Å². The maximum absolute atomic E-state index is 10.8. The van der Waals surface area contributed by atoms with Crippen molar-refractivity contribution in [3.8, 4) is 6.07 Å². The van der Waals surface area contributed by atoms with Crippen molar-refractivity contribution in [2.24, 2.45) is 5.73 Å². The van der Waals surface area contributed by atoms with Crippen LogP contribution in [0, 0.1) is 11.3 Å². The van der Waals surface area contributed by atoms with E-state index in [0.717, 1.165) is 5.69 Å². The monoisotopic (exact) mass is 203 g/mol. The molecule has 0 heterocycles. The van der Waals surface area contributed by atoms with Crippen molar-refractivity contribution < 1.29 is 4.79 Å². The fraction of sp³-hybridized carbons (Fsp3) is 0.273. The van der Waals surface area contributed by atoms with Crippen LogP contribution in [0.2, 0.25) is 0 Å². The molecule has 0 unspecified atom stereocenters. The van der Waals surface area contributed by atoms with Crippen LogP contribution in [-0.2, 0) is 4.79 Å². The number of amides is 1. The maximum atomic E-state index is 10.8. The van der Waals surface area contributed by atoms with Crippen molar-refractivity contribution in [2.45, 2.75) is 6.92 Å². The molecule has 1 aromatic carbocycles. The van der Waals surface area contributed by atoms with Gasteiger partial charge in [-0.3, -0.25) is 4.79 Å². The van der Waals surface area contributed by atoms with Gasteiger partial charge in [0, 0.05) is 12.2 Å². The first-order valence-corrected chi connectivity index (χ1v) is 4.70. The van der Waals surface area contributed by atoms with Gasteiger partial charge in [-0.2, -0.15) is 5.26 Å². The molecular formula is C11H13N3O. The molecule has 0 saturated carbocycles. The van der Waals surface area contributed by atoms with E-state index in [-0.39, 0.29) is 12.5 Å². The number of hydrogen-bond acceptors (Lipinski definition) is 3. The first-order chi connectivity index (χ1) is 7.17. The van der Waals surface area contributed by atoms with Gasteiger partial charge < -0.3 is 10.6 Å². The van der Waals surface area contributed by atoms with Crippen LogP contribution in [0.15, 0.2) is 24.3 Å². The van der Waals surface area contributed by atoms with Crippen LogP contribution in [0.5, 0.6) is 0 Å². The minimum Gasteiger partial charge on any atom is -0.368 e. The third-order valence-corrected chi connectivity index (χ3v) is 2.09. The zero-order chi connectivity index (χ0) is 11.3. The highest BCUT2D eigenvalue weighted by atomic mass is 16.1. The predicted octanol–water partition coefficient (Wildman–Crippen LogP) is 0.870. The zero-order valence-corrected chi connectivity index (χ0v) is 8.60. The van der Waals surface area contributed by atoms with Crippen molar-refractivity contribution in [3.63, 3.8) is 0 Å². The second kappa shape index (κ2) is 5.01. The molecule has 0 bridgehead atoms. The average molecular weight is 203 g/mol. The lowest BCUT2D eigenvalue weighted by atomic mass is 10.2. The summed E-state index contributed by atoms with van der Waals surface area (Å²) < 4.78 is 0. The number of nitriles is 1. The minimum atomic E-state index is -0.360. The molecule has 15 heavy (non-hydrogen) atoms. The Morgan fingerprint density at radius 2 is 2.07 bits per heavy atom. The van der Waals surface area contributed by atoms with Gasteiger partial charge in [0.1, 0.15) is 0 Å². The van der Waals surface area contributed by atoms with E-state index in [0.29, 0.717) is 12.1 Å². The van der Waals surface area contributed by atoms with E-state index >= 15 is 0 Å². The Bertz CT molecular complexity index is 378. The molecule has 1 aromatic rings. The molecule has 78 valence electrons. The summed E-state index contributed by atoms with van der Waals surface area (Å²) in [5.41, 5.74) is 6.63. The Morgan fingerprint density at radius 1 is 1.47 bits per heavy atom. The lowest BCUT2D eigenvalue weighted by Gasteiger charge is -2.21. The van der Waals surface area contributed by atoms with E-state index < -0.39 is 0 Å². The first-order valence-electron chi connectivity index (χ1n) is 4.70. The van der Waals surface area contributed by atoms with E-state index in [1.165, 1.54) is 0 Å². The van der Waals surface area contributed by atoms with Crippen LogP contribution in [0.1, 0.15) is 12.5 Å². The van der Waals surface area contributed by atoms with E-state index in [4.69, 9.17) is 11.0 Å². The van der Waals surface area contributed by atoms with Gasteiger partial charge >= 0.3 is 0 Å². The molecule has 0 spiro atoms. The number of rotatable bonds is 4. The molecule has 0 saturated heterocycles. The number of primary amides is 1. The number of hydrogen-bond donors (Lipinski definition) is 1. The van der Waals surface area contributed by atoms with Gasteiger partial charge in [-0.15, -0.1) is 0 Å². The summed E-state index contributed by atoms with van der Waals surface area (Å²) in [6.07, 6.45) is 0. The number of nitrogens with zero attached hydrogens (tertiary/aromatic N) is 2. The number of carbonyl (C=O) groups excluding carboxylic acids is 1. The molecule has 1 rings (SSSR count). The molecular weight excluding hydrogens is 190 g/mol. The molecule has 4 nitrogen and oxygen atoms in total. The van der Waals surface area contributed by atoms with E-state index in [9.17, 15) is 4.79 Å². The molecule has 0 atom stereocenters. The van der Waals surface area contributed by atoms with Gasteiger partial charge in [-0.05, 0) is 31.2 Å². The fourth-order valence-electron chi connectivity index (χ4n) is 1.32. The molecule has 0 aliphatic heterocycles. The van der Waals surface area contributed by atoms with Crippen molar-refractivity contribution in [2.75, 3.05) is 18.0 Å². The molecule has 4 heteroatoms. The molecule has 0 aliphatic carbocycles. The fourth-order valence-corrected chi connectivity index (χ4v) is 1.32. The summed E-state index contributed by atoms with van der Waals surface area (Å²) in [4.78, 5) is 12.6. The molecule has 0 radical (unpaired) electrons. The maximum Gasteiger partial charge on any atom is 0.236 e. The number of nitrogens with two attached hydrogens (primary N) is 1. The molecule has 0 aromatic heterocycles. The number of benzene rings is 1.